The third-order valence-corrected chi connectivity index (χ3v) is 3.94. The number of hydrogen-bond donors (Lipinski definition) is 3. The summed E-state index contributed by atoms with van der Waals surface area (Å²) >= 11 is 0. The summed E-state index contributed by atoms with van der Waals surface area (Å²) in [6, 6.07) is 5.69. The molecule has 0 heterocycles. The minimum Gasteiger partial charge on any atom is -0.396 e. The van der Waals surface area contributed by atoms with Gasteiger partial charge in [0.1, 0.15) is 0 Å². The maximum Gasteiger partial charge on any atom is 0.251 e. The van der Waals surface area contributed by atoms with Crippen molar-refractivity contribution in [2.45, 2.75) is 18.2 Å². The fourth-order valence-electron chi connectivity index (χ4n) is 1.44. The lowest BCUT2D eigenvalue weighted by Gasteiger charge is -2.06. The minimum absolute atomic E-state index is 0.0140. The summed E-state index contributed by atoms with van der Waals surface area (Å²) < 4.78 is 25.7. The molecule has 0 radical (unpaired) electrons. The second kappa shape index (κ2) is 7.22. The Morgan fingerprint density at radius 1 is 1.26 bits per heavy atom. The number of aliphatic hydroxyl groups excluding tert-OH is 1. The normalized spacial score (nSPS) is 11.3. The molecule has 0 aliphatic rings. The van der Waals surface area contributed by atoms with E-state index in [1.54, 1.807) is 6.92 Å². The molecule has 1 rings (SSSR count). The third kappa shape index (κ3) is 4.62. The lowest BCUT2D eigenvalue weighted by atomic mass is 10.2. The van der Waals surface area contributed by atoms with Crippen LogP contribution in [0.2, 0.25) is 0 Å². The van der Waals surface area contributed by atoms with Gasteiger partial charge in [0.2, 0.25) is 10.0 Å². The van der Waals surface area contributed by atoms with E-state index in [-0.39, 0.29) is 17.4 Å². The Bertz CT molecular complexity index is 511. The minimum atomic E-state index is -3.49. The second-order valence-electron chi connectivity index (χ2n) is 3.86. The Kier molecular flexibility index (Phi) is 5.94. The number of hydrogen-bond acceptors (Lipinski definition) is 4. The van der Waals surface area contributed by atoms with Gasteiger partial charge < -0.3 is 10.4 Å². The molecule has 0 bridgehead atoms. The summed E-state index contributed by atoms with van der Waals surface area (Å²) in [5, 5.41) is 11.2. The predicted octanol–water partition coefficient (Wildman–Crippen LogP) is 0.0970. The van der Waals surface area contributed by atoms with Crippen LogP contribution in [0.25, 0.3) is 0 Å². The Balaban J connectivity index is 2.74. The van der Waals surface area contributed by atoms with Crippen molar-refractivity contribution in [2.24, 2.45) is 0 Å². The molecule has 1 aromatic carbocycles. The van der Waals surface area contributed by atoms with E-state index in [0.717, 1.165) is 0 Å². The van der Waals surface area contributed by atoms with Crippen molar-refractivity contribution in [1.82, 2.24) is 10.0 Å². The van der Waals surface area contributed by atoms with Gasteiger partial charge in [-0.1, -0.05) is 6.92 Å². The molecular weight excluding hydrogens is 268 g/mol. The third-order valence-electron chi connectivity index (χ3n) is 2.38. The van der Waals surface area contributed by atoms with Gasteiger partial charge in [0.25, 0.3) is 5.91 Å². The molecule has 0 atom stereocenters. The molecule has 0 unspecified atom stereocenters. The first kappa shape index (κ1) is 15.6. The summed E-state index contributed by atoms with van der Waals surface area (Å²) in [4.78, 5) is 11.8. The number of sulfonamides is 1. The smallest absolute Gasteiger partial charge is 0.251 e. The first-order valence-corrected chi connectivity index (χ1v) is 7.48. The van der Waals surface area contributed by atoms with Gasteiger partial charge in [-0.2, -0.15) is 0 Å². The predicted molar refractivity (Wildman–Crippen MR) is 71.3 cm³/mol. The number of carbonyl (C=O) groups is 1. The van der Waals surface area contributed by atoms with Gasteiger partial charge in [-0.3, -0.25) is 4.79 Å². The topological polar surface area (TPSA) is 95.5 Å². The molecule has 0 aromatic heterocycles. The zero-order valence-electron chi connectivity index (χ0n) is 10.7. The standard InChI is InChI=1S/C12H18N2O4S/c1-2-14-19(17,18)11-6-4-10(5-7-11)12(16)13-8-3-9-15/h4-7,14-15H,2-3,8-9H2,1H3,(H,13,16). The van der Waals surface area contributed by atoms with Crippen molar-refractivity contribution in [3.05, 3.63) is 29.8 Å². The number of benzene rings is 1. The van der Waals surface area contributed by atoms with E-state index in [0.29, 0.717) is 25.1 Å². The van der Waals surface area contributed by atoms with Crippen molar-refractivity contribution >= 4 is 15.9 Å². The number of rotatable bonds is 7. The fraction of sp³-hybridized carbons (Fsp3) is 0.417. The number of carbonyl (C=O) groups excluding carboxylic acids is 1. The van der Waals surface area contributed by atoms with Crippen molar-refractivity contribution in [3.63, 3.8) is 0 Å². The van der Waals surface area contributed by atoms with Gasteiger partial charge in [0, 0.05) is 25.3 Å². The average Bonchev–Trinajstić information content (AvgIpc) is 2.39. The van der Waals surface area contributed by atoms with Crippen molar-refractivity contribution in [3.8, 4) is 0 Å². The monoisotopic (exact) mass is 286 g/mol. The summed E-state index contributed by atoms with van der Waals surface area (Å²) in [6.45, 7) is 2.40. The van der Waals surface area contributed by atoms with Crippen LogP contribution in [0.5, 0.6) is 0 Å². The fourth-order valence-corrected chi connectivity index (χ4v) is 2.48. The van der Waals surface area contributed by atoms with Gasteiger partial charge in [-0.25, -0.2) is 13.1 Å². The van der Waals surface area contributed by atoms with Crippen LogP contribution in [0.15, 0.2) is 29.2 Å². The highest BCUT2D eigenvalue weighted by Crippen LogP contribution is 2.10. The molecular formula is C12H18N2O4S. The van der Waals surface area contributed by atoms with Crippen LogP contribution in [-0.2, 0) is 10.0 Å². The molecule has 6 nitrogen and oxygen atoms in total. The van der Waals surface area contributed by atoms with E-state index in [4.69, 9.17) is 5.11 Å². The molecule has 0 aliphatic heterocycles. The molecule has 0 spiro atoms. The van der Waals surface area contributed by atoms with Gasteiger partial charge in [0.05, 0.1) is 4.90 Å². The van der Waals surface area contributed by atoms with Crippen LogP contribution in [0.4, 0.5) is 0 Å². The van der Waals surface area contributed by atoms with Gasteiger partial charge in [0.15, 0.2) is 0 Å². The highest BCUT2D eigenvalue weighted by atomic mass is 32.2. The Morgan fingerprint density at radius 2 is 1.89 bits per heavy atom. The van der Waals surface area contributed by atoms with Gasteiger partial charge in [-0.15, -0.1) is 0 Å². The summed E-state index contributed by atoms with van der Waals surface area (Å²) in [6.07, 6.45) is 0.485. The summed E-state index contributed by atoms with van der Waals surface area (Å²) in [5.74, 6) is -0.291. The Labute approximate surface area is 112 Å². The second-order valence-corrected chi connectivity index (χ2v) is 5.63. The molecule has 106 valence electrons. The van der Waals surface area contributed by atoms with Crippen molar-refractivity contribution in [2.75, 3.05) is 19.7 Å². The van der Waals surface area contributed by atoms with E-state index >= 15 is 0 Å². The lowest BCUT2D eigenvalue weighted by Crippen LogP contribution is -2.25. The Morgan fingerprint density at radius 3 is 2.42 bits per heavy atom. The average molecular weight is 286 g/mol. The maximum absolute atomic E-state index is 11.7. The maximum atomic E-state index is 11.7. The molecule has 7 heteroatoms. The van der Waals surface area contributed by atoms with Gasteiger partial charge in [-0.05, 0) is 30.7 Å². The van der Waals surface area contributed by atoms with Crippen LogP contribution < -0.4 is 10.0 Å². The van der Waals surface area contributed by atoms with E-state index in [1.807, 2.05) is 0 Å². The highest BCUT2D eigenvalue weighted by Gasteiger charge is 2.13. The Hall–Kier alpha value is -1.44. The number of nitrogens with one attached hydrogen (secondary N) is 2. The van der Waals surface area contributed by atoms with Crippen molar-refractivity contribution < 1.29 is 18.3 Å². The SMILES string of the molecule is CCNS(=O)(=O)c1ccc(C(=O)NCCCO)cc1. The van der Waals surface area contributed by atoms with E-state index < -0.39 is 10.0 Å². The van der Waals surface area contributed by atoms with Crippen LogP contribution in [0.1, 0.15) is 23.7 Å². The van der Waals surface area contributed by atoms with E-state index in [9.17, 15) is 13.2 Å². The molecule has 19 heavy (non-hydrogen) atoms. The molecule has 0 saturated carbocycles. The molecule has 3 N–H and O–H groups in total. The number of aliphatic hydroxyl groups is 1. The van der Waals surface area contributed by atoms with E-state index in [1.165, 1.54) is 24.3 Å². The molecule has 1 aromatic rings. The van der Waals surface area contributed by atoms with Crippen LogP contribution >= 0.6 is 0 Å². The largest absolute Gasteiger partial charge is 0.396 e. The highest BCUT2D eigenvalue weighted by molar-refractivity contribution is 7.89. The van der Waals surface area contributed by atoms with Gasteiger partial charge >= 0.3 is 0 Å². The number of amides is 1. The first-order valence-electron chi connectivity index (χ1n) is 6.00. The summed E-state index contributed by atoms with van der Waals surface area (Å²) in [5.41, 5.74) is 0.383. The lowest BCUT2D eigenvalue weighted by molar-refractivity contribution is 0.0951. The zero-order valence-corrected chi connectivity index (χ0v) is 11.5. The zero-order chi connectivity index (χ0) is 14.3. The molecule has 0 fully saturated rings. The first-order chi connectivity index (χ1) is 9.01. The van der Waals surface area contributed by atoms with Crippen LogP contribution in [-0.4, -0.2) is 39.1 Å². The van der Waals surface area contributed by atoms with Crippen LogP contribution in [0, 0.1) is 0 Å². The van der Waals surface area contributed by atoms with Crippen LogP contribution in [0.3, 0.4) is 0 Å². The molecule has 1 amide bonds. The van der Waals surface area contributed by atoms with E-state index in [2.05, 4.69) is 10.0 Å². The summed E-state index contributed by atoms with van der Waals surface area (Å²) in [7, 11) is -3.49. The van der Waals surface area contributed by atoms with Crippen molar-refractivity contribution in [1.29, 1.82) is 0 Å². The molecule has 0 aliphatic carbocycles. The molecule has 0 saturated heterocycles. The quantitative estimate of drug-likeness (QED) is 0.619.